The minimum absolute atomic E-state index is 0.208. The summed E-state index contributed by atoms with van der Waals surface area (Å²) in [6.45, 7) is 2.51. The summed E-state index contributed by atoms with van der Waals surface area (Å²) >= 11 is 0. The topological polar surface area (TPSA) is 26.0 Å². The molecule has 0 saturated heterocycles. The molecule has 0 aromatic rings. The van der Waals surface area contributed by atoms with Crippen LogP contribution in [-0.2, 0) is 0 Å². The van der Waals surface area contributed by atoms with E-state index in [1.807, 2.05) is 0 Å². The molecule has 2 N–H and O–H groups in total. The molecule has 5 fully saturated rings. The molecule has 0 radical (unpaired) electrons. The van der Waals surface area contributed by atoms with Crippen molar-refractivity contribution in [3.63, 3.8) is 0 Å². The van der Waals surface area contributed by atoms with Gasteiger partial charge in [0.2, 0.25) is 0 Å². The molecule has 1 unspecified atom stereocenters. The second-order valence-electron chi connectivity index (χ2n) is 8.24. The molecule has 4 bridgehead atoms. The van der Waals surface area contributed by atoms with Gasteiger partial charge in [-0.15, -0.1) is 0 Å². The SMILES string of the molecule is CC(C1C2CC3CC(C2)CC1C3)C1(N)CCCC1. The minimum atomic E-state index is 0.208. The molecule has 5 aliphatic carbocycles. The lowest BCUT2D eigenvalue weighted by Crippen LogP contribution is -2.55. The van der Waals surface area contributed by atoms with Gasteiger partial charge < -0.3 is 5.73 Å². The third-order valence-corrected chi connectivity index (χ3v) is 7.32. The van der Waals surface area contributed by atoms with Crippen LogP contribution in [0, 0.1) is 35.5 Å². The third-order valence-electron chi connectivity index (χ3n) is 7.32. The van der Waals surface area contributed by atoms with Gasteiger partial charge in [0.15, 0.2) is 0 Å². The van der Waals surface area contributed by atoms with E-state index in [1.54, 1.807) is 32.1 Å². The van der Waals surface area contributed by atoms with E-state index in [1.165, 1.54) is 25.7 Å². The van der Waals surface area contributed by atoms with Gasteiger partial charge in [0.05, 0.1) is 0 Å². The molecule has 0 amide bonds. The van der Waals surface area contributed by atoms with Crippen molar-refractivity contribution in [2.24, 2.45) is 41.2 Å². The summed E-state index contributed by atoms with van der Waals surface area (Å²) in [5.41, 5.74) is 6.99. The van der Waals surface area contributed by atoms with Crippen molar-refractivity contribution in [3.8, 4) is 0 Å². The third kappa shape index (κ3) is 1.62. The number of hydrogen-bond acceptors (Lipinski definition) is 1. The Morgan fingerprint density at radius 1 is 0.889 bits per heavy atom. The van der Waals surface area contributed by atoms with Crippen LogP contribution < -0.4 is 5.73 Å². The highest BCUT2D eigenvalue weighted by atomic mass is 14.8. The van der Waals surface area contributed by atoms with Crippen LogP contribution in [-0.4, -0.2) is 5.54 Å². The number of rotatable bonds is 2. The Morgan fingerprint density at radius 3 is 1.89 bits per heavy atom. The van der Waals surface area contributed by atoms with Crippen LogP contribution in [0.25, 0.3) is 0 Å². The van der Waals surface area contributed by atoms with Crippen molar-refractivity contribution >= 4 is 0 Å². The van der Waals surface area contributed by atoms with Crippen LogP contribution in [0.15, 0.2) is 0 Å². The predicted molar refractivity (Wildman–Crippen MR) is 75.1 cm³/mol. The Hall–Kier alpha value is -0.0400. The van der Waals surface area contributed by atoms with Gasteiger partial charge in [-0.1, -0.05) is 19.8 Å². The summed E-state index contributed by atoms with van der Waals surface area (Å²) in [5, 5.41) is 0. The lowest BCUT2D eigenvalue weighted by atomic mass is 9.48. The standard InChI is InChI=1S/C17H29N/c1-11(17(18)4-2-3-5-17)16-14-7-12-6-13(9-14)10-15(16)8-12/h11-16H,2-10,18H2,1H3. The maximum Gasteiger partial charge on any atom is 0.0183 e. The lowest BCUT2D eigenvalue weighted by molar-refractivity contribution is -0.0722. The Balaban J connectivity index is 1.57. The number of nitrogens with two attached hydrogens (primary N) is 1. The minimum Gasteiger partial charge on any atom is -0.325 e. The summed E-state index contributed by atoms with van der Waals surface area (Å²) < 4.78 is 0. The van der Waals surface area contributed by atoms with E-state index in [9.17, 15) is 0 Å². The van der Waals surface area contributed by atoms with E-state index in [0.29, 0.717) is 0 Å². The van der Waals surface area contributed by atoms with Gasteiger partial charge in [-0.2, -0.15) is 0 Å². The van der Waals surface area contributed by atoms with E-state index in [-0.39, 0.29) is 5.54 Å². The molecule has 1 nitrogen and oxygen atoms in total. The summed E-state index contributed by atoms with van der Waals surface area (Å²) in [5.74, 6) is 6.09. The lowest BCUT2D eigenvalue weighted by Gasteiger charge is -2.58. The molecule has 1 atom stereocenters. The van der Waals surface area contributed by atoms with Gasteiger partial charge >= 0.3 is 0 Å². The highest BCUT2D eigenvalue weighted by Gasteiger charge is 2.53. The van der Waals surface area contributed by atoms with Crippen LogP contribution >= 0.6 is 0 Å². The van der Waals surface area contributed by atoms with Gasteiger partial charge in [0.25, 0.3) is 0 Å². The zero-order valence-electron chi connectivity index (χ0n) is 11.9. The quantitative estimate of drug-likeness (QED) is 0.785. The highest BCUT2D eigenvalue weighted by Crippen LogP contribution is 2.60. The van der Waals surface area contributed by atoms with Gasteiger partial charge in [0, 0.05) is 5.54 Å². The van der Waals surface area contributed by atoms with Crippen LogP contribution in [0.4, 0.5) is 0 Å². The van der Waals surface area contributed by atoms with E-state index < -0.39 is 0 Å². The van der Waals surface area contributed by atoms with E-state index >= 15 is 0 Å². The van der Waals surface area contributed by atoms with Gasteiger partial charge in [-0.3, -0.25) is 0 Å². The van der Waals surface area contributed by atoms with E-state index in [0.717, 1.165) is 35.5 Å². The van der Waals surface area contributed by atoms with Crippen LogP contribution in [0.5, 0.6) is 0 Å². The normalized spacial score (nSPS) is 50.7. The van der Waals surface area contributed by atoms with E-state index in [2.05, 4.69) is 6.92 Å². The molecule has 0 spiro atoms. The fourth-order valence-corrected chi connectivity index (χ4v) is 6.66. The number of hydrogen-bond donors (Lipinski definition) is 1. The van der Waals surface area contributed by atoms with Crippen molar-refractivity contribution in [2.45, 2.75) is 70.3 Å². The van der Waals surface area contributed by atoms with Gasteiger partial charge in [-0.25, -0.2) is 0 Å². The fraction of sp³-hybridized carbons (Fsp3) is 1.00. The Morgan fingerprint density at radius 2 is 1.39 bits per heavy atom. The monoisotopic (exact) mass is 247 g/mol. The molecule has 5 rings (SSSR count). The first-order valence-electron chi connectivity index (χ1n) is 8.44. The first kappa shape index (κ1) is 11.8. The first-order chi connectivity index (χ1) is 8.66. The van der Waals surface area contributed by atoms with Crippen LogP contribution in [0.1, 0.15) is 64.7 Å². The average molecular weight is 247 g/mol. The average Bonchev–Trinajstić information content (AvgIpc) is 2.76. The summed E-state index contributed by atoms with van der Waals surface area (Å²) in [6, 6.07) is 0. The molecule has 0 aromatic heterocycles. The molecular weight excluding hydrogens is 218 g/mol. The maximum atomic E-state index is 6.78. The smallest absolute Gasteiger partial charge is 0.0183 e. The fourth-order valence-electron chi connectivity index (χ4n) is 6.66. The molecule has 0 aromatic carbocycles. The molecule has 5 aliphatic rings. The Labute approximate surface area is 112 Å². The predicted octanol–water partition coefficient (Wildman–Crippen LogP) is 3.97. The summed E-state index contributed by atoms with van der Waals surface area (Å²) in [7, 11) is 0. The maximum absolute atomic E-state index is 6.78. The molecule has 5 saturated carbocycles. The van der Waals surface area contributed by atoms with Gasteiger partial charge in [0.1, 0.15) is 0 Å². The second-order valence-corrected chi connectivity index (χ2v) is 8.24. The zero-order chi connectivity index (χ0) is 12.3. The van der Waals surface area contributed by atoms with Crippen LogP contribution in [0.3, 0.4) is 0 Å². The van der Waals surface area contributed by atoms with Crippen LogP contribution in [0.2, 0.25) is 0 Å². The van der Waals surface area contributed by atoms with Crippen molar-refractivity contribution in [1.82, 2.24) is 0 Å². The Kier molecular flexibility index (Phi) is 2.60. The van der Waals surface area contributed by atoms with Gasteiger partial charge in [-0.05, 0) is 80.5 Å². The summed E-state index contributed by atoms with van der Waals surface area (Å²) in [6.07, 6.45) is 13.2. The molecule has 18 heavy (non-hydrogen) atoms. The molecule has 0 heterocycles. The Bertz CT molecular complexity index is 301. The largest absolute Gasteiger partial charge is 0.325 e. The van der Waals surface area contributed by atoms with Crippen molar-refractivity contribution in [1.29, 1.82) is 0 Å². The molecule has 1 heteroatoms. The summed E-state index contributed by atoms with van der Waals surface area (Å²) in [4.78, 5) is 0. The molecule has 102 valence electrons. The molecular formula is C17H29N. The van der Waals surface area contributed by atoms with Crippen molar-refractivity contribution in [2.75, 3.05) is 0 Å². The molecule has 0 aliphatic heterocycles. The second kappa shape index (κ2) is 3.98. The first-order valence-corrected chi connectivity index (χ1v) is 8.44. The highest BCUT2D eigenvalue weighted by molar-refractivity contribution is 5.05. The van der Waals surface area contributed by atoms with E-state index in [4.69, 9.17) is 5.73 Å². The van der Waals surface area contributed by atoms with Crippen molar-refractivity contribution < 1.29 is 0 Å². The van der Waals surface area contributed by atoms with Crippen molar-refractivity contribution in [3.05, 3.63) is 0 Å². The zero-order valence-corrected chi connectivity index (χ0v) is 11.9.